The van der Waals surface area contributed by atoms with Gasteiger partial charge in [-0.15, -0.1) is 24.0 Å². The first kappa shape index (κ1) is 30.4. The number of halogens is 4. The van der Waals surface area contributed by atoms with Gasteiger partial charge in [0.25, 0.3) is 0 Å². The number of amides is 1. The van der Waals surface area contributed by atoms with Crippen LogP contribution < -0.4 is 10.6 Å². The Hall–Kier alpha value is -1.56. The molecular weight excluding hydrogens is 534 g/mol. The van der Waals surface area contributed by atoms with Crippen molar-refractivity contribution in [1.29, 1.82) is 0 Å². The molecule has 1 rings (SSSR count). The van der Waals surface area contributed by atoms with Crippen molar-refractivity contribution in [3.8, 4) is 0 Å². The Morgan fingerprint density at radius 1 is 1.09 bits per heavy atom. The molecule has 0 aromatic heterocycles. The van der Waals surface area contributed by atoms with Gasteiger partial charge in [0.1, 0.15) is 0 Å². The van der Waals surface area contributed by atoms with E-state index < -0.39 is 11.7 Å². The highest BCUT2D eigenvalue weighted by Crippen LogP contribution is 2.29. The van der Waals surface area contributed by atoms with Gasteiger partial charge >= 0.3 is 6.18 Å². The van der Waals surface area contributed by atoms with Gasteiger partial charge in [-0.1, -0.05) is 12.1 Å². The zero-order chi connectivity index (χ0) is 23.6. The van der Waals surface area contributed by atoms with E-state index in [0.717, 1.165) is 25.1 Å². The fourth-order valence-corrected chi connectivity index (χ4v) is 3.09. The average Bonchev–Trinajstić information content (AvgIpc) is 2.67. The number of carbonyl (C=O) groups is 1. The monoisotopic (exact) mass is 571 g/mol. The summed E-state index contributed by atoms with van der Waals surface area (Å²) in [6, 6.07) is 5.97. The van der Waals surface area contributed by atoms with E-state index in [9.17, 15) is 18.0 Å². The lowest BCUT2D eigenvalue weighted by molar-refractivity contribution is -0.137. The summed E-state index contributed by atoms with van der Waals surface area (Å²) in [6.07, 6.45) is -3.53. The maximum atomic E-state index is 12.9. The maximum Gasteiger partial charge on any atom is 0.416 e. The Morgan fingerprint density at radius 3 is 2.25 bits per heavy atom. The fourth-order valence-electron chi connectivity index (χ4n) is 3.09. The highest BCUT2D eigenvalue weighted by Gasteiger charge is 2.30. The summed E-state index contributed by atoms with van der Waals surface area (Å²) < 4.78 is 38.8. The maximum absolute atomic E-state index is 12.9. The molecule has 0 atom stereocenters. The third-order valence-corrected chi connectivity index (χ3v) is 4.79. The second kappa shape index (κ2) is 14.6. The van der Waals surface area contributed by atoms with E-state index in [1.54, 1.807) is 20.2 Å². The first-order valence-corrected chi connectivity index (χ1v) is 10.6. The molecule has 0 unspecified atom stereocenters. The summed E-state index contributed by atoms with van der Waals surface area (Å²) >= 11 is 0. The number of hydrogen-bond acceptors (Lipinski definition) is 3. The van der Waals surface area contributed by atoms with Crippen LogP contribution in [0.25, 0.3) is 0 Å². The van der Waals surface area contributed by atoms with Crippen molar-refractivity contribution >= 4 is 35.8 Å². The van der Waals surface area contributed by atoms with Crippen LogP contribution in [0.1, 0.15) is 45.2 Å². The van der Waals surface area contributed by atoms with Gasteiger partial charge in [-0.2, -0.15) is 13.2 Å². The van der Waals surface area contributed by atoms with Gasteiger partial charge in [-0.3, -0.25) is 9.69 Å². The van der Waals surface area contributed by atoms with Crippen LogP contribution >= 0.6 is 24.0 Å². The smallest absolute Gasteiger partial charge is 0.356 e. The molecule has 1 aromatic rings. The minimum absolute atomic E-state index is 0. The second-order valence-corrected chi connectivity index (χ2v) is 8.21. The molecule has 32 heavy (non-hydrogen) atoms. The standard InChI is InChI=1S/C22H36F3N5O.HI/c1-16(2)30(17(3)4)12-8-11-26-21(28-15-20(31)29(5)6)27-14-18-9-7-10-19(13-18)22(23,24)25;/h7,9-10,13,16-17H,8,11-12,14-15H2,1-6H3,(H2,26,27,28);1H. The number of alkyl halides is 3. The quantitative estimate of drug-likeness (QED) is 0.193. The van der Waals surface area contributed by atoms with Crippen molar-refractivity contribution in [2.24, 2.45) is 4.99 Å². The Labute approximate surface area is 207 Å². The molecule has 0 radical (unpaired) electrons. The molecule has 6 nitrogen and oxygen atoms in total. The number of nitrogens with one attached hydrogen (secondary N) is 2. The van der Waals surface area contributed by atoms with Crippen LogP contribution in [0.5, 0.6) is 0 Å². The van der Waals surface area contributed by atoms with E-state index in [-0.39, 0.29) is 43.0 Å². The number of carbonyl (C=O) groups excluding carboxylic acids is 1. The van der Waals surface area contributed by atoms with Crippen molar-refractivity contribution in [2.75, 3.05) is 33.7 Å². The van der Waals surface area contributed by atoms with E-state index >= 15 is 0 Å². The molecule has 0 spiro atoms. The van der Waals surface area contributed by atoms with Gasteiger partial charge in [0.05, 0.1) is 18.7 Å². The average molecular weight is 571 g/mol. The fraction of sp³-hybridized carbons (Fsp3) is 0.636. The number of guanidine groups is 1. The van der Waals surface area contributed by atoms with Crippen molar-refractivity contribution in [1.82, 2.24) is 20.4 Å². The van der Waals surface area contributed by atoms with E-state index in [1.165, 1.54) is 11.0 Å². The largest absolute Gasteiger partial charge is 0.416 e. The van der Waals surface area contributed by atoms with Crippen molar-refractivity contribution < 1.29 is 18.0 Å². The van der Waals surface area contributed by atoms with Gasteiger partial charge in [0.15, 0.2) is 5.96 Å². The molecule has 10 heteroatoms. The van der Waals surface area contributed by atoms with Crippen LogP contribution in [-0.4, -0.2) is 67.5 Å². The predicted octanol–water partition coefficient (Wildman–Crippen LogP) is 3.96. The normalized spacial score (nSPS) is 12.2. The number of rotatable bonds is 10. The van der Waals surface area contributed by atoms with Gasteiger partial charge in [0, 0.05) is 39.3 Å². The zero-order valence-electron chi connectivity index (χ0n) is 19.8. The number of benzene rings is 1. The van der Waals surface area contributed by atoms with Crippen LogP contribution in [0, 0.1) is 0 Å². The van der Waals surface area contributed by atoms with E-state index in [1.807, 2.05) is 0 Å². The Balaban J connectivity index is 0.00000961. The Kier molecular flexibility index (Phi) is 13.9. The van der Waals surface area contributed by atoms with Gasteiger partial charge in [0.2, 0.25) is 5.91 Å². The molecular formula is C22H37F3IN5O. The minimum Gasteiger partial charge on any atom is -0.356 e. The summed E-state index contributed by atoms with van der Waals surface area (Å²) in [4.78, 5) is 20.1. The first-order valence-electron chi connectivity index (χ1n) is 10.6. The summed E-state index contributed by atoms with van der Waals surface area (Å²) in [5, 5.41) is 6.14. The molecule has 0 saturated heterocycles. The summed E-state index contributed by atoms with van der Waals surface area (Å²) in [5.74, 6) is 0.271. The lowest BCUT2D eigenvalue weighted by Crippen LogP contribution is -2.44. The molecule has 1 amide bonds. The SMILES string of the molecule is CC(C)N(CCCNC(=NCc1cccc(C(F)(F)F)c1)NCC(=O)N(C)C)C(C)C.I. The molecule has 0 heterocycles. The van der Waals surface area contributed by atoms with Gasteiger partial charge < -0.3 is 15.5 Å². The lowest BCUT2D eigenvalue weighted by atomic mass is 10.1. The molecule has 0 saturated carbocycles. The molecule has 0 aliphatic carbocycles. The number of hydrogen-bond donors (Lipinski definition) is 2. The van der Waals surface area contributed by atoms with E-state index in [2.05, 4.69) is 48.2 Å². The third-order valence-electron chi connectivity index (χ3n) is 4.79. The third kappa shape index (κ3) is 11.3. The lowest BCUT2D eigenvalue weighted by Gasteiger charge is -2.30. The van der Waals surface area contributed by atoms with Crippen molar-refractivity contribution in [2.45, 2.75) is 58.9 Å². The Bertz CT molecular complexity index is 716. The number of aliphatic imine (C=N–C) groups is 1. The summed E-state index contributed by atoms with van der Waals surface area (Å²) in [6.45, 7) is 10.3. The molecule has 1 aromatic carbocycles. The van der Waals surface area contributed by atoms with Crippen molar-refractivity contribution in [3.05, 3.63) is 35.4 Å². The minimum atomic E-state index is -4.39. The molecule has 0 bridgehead atoms. The highest BCUT2D eigenvalue weighted by molar-refractivity contribution is 14.0. The second-order valence-electron chi connectivity index (χ2n) is 8.21. The zero-order valence-corrected chi connectivity index (χ0v) is 22.1. The van der Waals surface area contributed by atoms with Crippen molar-refractivity contribution in [3.63, 3.8) is 0 Å². The number of nitrogens with zero attached hydrogens (tertiary/aromatic N) is 3. The predicted molar refractivity (Wildman–Crippen MR) is 134 cm³/mol. The van der Waals surface area contributed by atoms with Crippen LogP contribution in [0.15, 0.2) is 29.3 Å². The highest BCUT2D eigenvalue weighted by atomic mass is 127. The van der Waals surface area contributed by atoms with E-state index in [4.69, 9.17) is 0 Å². The molecule has 0 aliphatic heterocycles. The molecule has 0 aliphatic rings. The number of likely N-dealkylation sites (N-methyl/N-ethyl adjacent to an activating group) is 1. The molecule has 0 fully saturated rings. The van der Waals surface area contributed by atoms with Crippen LogP contribution in [0.2, 0.25) is 0 Å². The van der Waals surface area contributed by atoms with Gasteiger partial charge in [-0.25, -0.2) is 4.99 Å². The van der Waals surface area contributed by atoms with Gasteiger partial charge in [-0.05, 0) is 51.8 Å². The topological polar surface area (TPSA) is 60.0 Å². The molecule has 2 N–H and O–H groups in total. The van der Waals surface area contributed by atoms with Crippen LogP contribution in [0.4, 0.5) is 13.2 Å². The van der Waals surface area contributed by atoms with Crippen LogP contribution in [0.3, 0.4) is 0 Å². The summed E-state index contributed by atoms with van der Waals surface area (Å²) in [5.41, 5.74) is -0.256. The van der Waals surface area contributed by atoms with E-state index in [0.29, 0.717) is 30.2 Å². The summed E-state index contributed by atoms with van der Waals surface area (Å²) in [7, 11) is 3.31. The first-order chi connectivity index (χ1) is 14.4. The Morgan fingerprint density at radius 2 is 1.72 bits per heavy atom. The van der Waals surface area contributed by atoms with Crippen LogP contribution in [-0.2, 0) is 17.5 Å². The molecule has 184 valence electrons.